The molecule has 0 saturated carbocycles. The zero-order valence-electron chi connectivity index (χ0n) is 13.6. The Morgan fingerprint density at radius 1 is 1.26 bits per heavy atom. The van der Waals surface area contributed by atoms with Crippen molar-refractivity contribution in [1.82, 2.24) is 9.97 Å². The summed E-state index contributed by atoms with van der Waals surface area (Å²) >= 11 is 0. The number of hydrogen-bond acceptors (Lipinski definition) is 7. The zero-order valence-corrected chi connectivity index (χ0v) is 13.6. The van der Waals surface area contributed by atoms with Crippen LogP contribution in [0.25, 0.3) is 0 Å². The van der Waals surface area contributed by atoms with Crippen molar-refractivity contribution in [3.05, 3.63) is 12.4 Å². The highest BCUT2D eigenvalue weighted by Gasteiger charge is 2.28. The third kappa shape index (κ3) is 3.90. The average Bonchev–Trinajstić information content (AvgIpc) is 2.63. The predicted octanol–water partition coefficient (Wildman–Crippen LogP) is 1.09. The Morgan fingerprint density at radius 3 is 2.74 bits per heavy atom. The summed E-state index contributed by atoms with van der Waals surface area (Å²) in [5, 5.41) is 0. The van der Waals surface area contributed by atoms with Crippen molar-refractivity contribution in [1.29, 1.82) is 0 Å². The molecule has 7 heteroatoms. The highest BCUT2D eigenvalue weighted by atomic mass is 16.5. The number of piperidine rings is 1. The van der Waals surface area contributed by atoms with Crippen molar-refractivity contribution >= 4 is 17.6 Å². The van der Waals surface area contributed by atoms with Gasteiger partial charge in [-0.1, -0.05) is 0 Å². The van der Waals surface area contributed by atoms with Gasteiger partial charge in [-0.2, -0.15) is 0 Å². The third-order valence-electron chi connectivity index (χ3n) is 4.34. The Bertz CT molecular complexity index is 534. The van der Waals surface area contributed by atoms with Crippen LogP contribution < -0.4 is 9.80 Å². The molecule has 126 valence electrons. The monoisotopic (exact) mass is 320 g/mol. The molecule has 0 spiro atoms. The molecule has 2 aliphatic rings. The number of carbonyl (C=O) groups excluding carboxylic acids is 1. The molecule has 1 aromatic heterocycles. The zero-order chi connectivity index (χ0) is 16.1. The maximum Gasteiger partial charge on any atom is 0.310 e. The van der Waals surface area contributed by atoms with Gasteiger partial charge in [0.25, 0.3) is 0 Å². The van der Waals surface area contributed by atoms with Gasteiger partial charge in [-0.25, -0.2) is 9.97 Å². The van der Waals surface area contributed by atoms with E-state index in [0.717, 1.165) is 57.3 Å². The molecule has 1 aromatic rings. The van der Waals surface area contributed by atoms with Crippen LogP contribution >= 0.6 is 0 Å². The van der Waals surface area contributed by atoms with E-state index >= 15 is 0 Å². The van der Waals surface area contributed by atoms with Gasteiger partial charge in [-0.05, 0) is 19.8 Å². The molecule has 1 unspecified atom stereocenters. The Balaban J connectivity index is 1.69. The molecule has 2 saturated heterocycles. The molecule has 2 fully saturated rings. The molecule has 23 heavy (non-hydrogen) atoms. The van der Waals surface area contributed by atoms with Crippen LogP contribution in [0, 0.1) is 5.92 Å². The Kier molecular flexibility index (Phi) is 5.27. The molecule has 0 aromatic carbocycles. The molecule has 0 bridgehead atoms. The van der Waals surface area contributed by atoms with Gasteiger partial charge < -0.3 is 19.3 Å². The number of nitrogens with zero attached hydrogens (tertiary/aromatic N) is 4. The molecule has 7 nitrogen and oxygen atoms in total. The van der Waals surface area contributed by atoms with E-state index in [9.17, 15) is 4.79 Å². The number of carbonyl (C=O) groups is 1. The number of ether oxygens (including phenoxy) is 2. The molecule has 3 rings (SSSR count). The highest BCUT2D eigenvalue weighted by molar-refractivity contribution is 5.73. The first kappa shape index (κ1) is 16.0. The molecule has 0 amide bonds. The summed E-state index contributed by atoms with van der Waals surface area (Å²) in [5.74, 6) is 1.65. The van der Waals surface area contributed by atoms with Gasteiger partial charge in [0.15, 0.2) is 0 Å². The Labute approximate surface area is 136 Å². The first-order chi connectivity index (χ1) is 11.3. The van der Waals surface area contributed by atoms with E-state index in [1.807, 2.05) is 13.0 Å². The van der Waals surface area contributed by atoms with Crippen LogP contribution in [-0.2, 0) is 14.3 Å². The van der Waals surface area contributed by atoms with E-state index in [4.69, 9.17) is 9.47 Å². The van der Waals surface area contributed by atoms with Crippen LogP contribution in [0.15, 0.2) is 12.4 Å². The van der Waals surface area contributed by atoms with E-state index in [2.05, 4.69) is 19.8 Å². The molecule has 3 heterocycles. The van der Waals surface area contributed by atoms with Crippen LogP contribution in [0.3, 0.4) is 0 Å². The maximum absolute atomic E-state index is 12.0. The molecular formula is C16H24N4O3. The summed E-state index contributed by atoms with van der Waals surface area (Å²) in [7, 11) is 0. The molecule has 0 radical (unpaired) electrons. The van der Waals surface area contributed by atoms with Gasteiger partial charge in [0.2, 0.25) is 0 Å². The van der Waals surface area contributed by atoms with Crippen molar-refractivity contribution in [3.63, 3.8) is 0 Å². The Morgan fingerprint density at radius 2 is 2.00 bits per heavy atom. The third-order valence-corrected chi connectivity index (χ3v) is 4.34. The summed E-state index contributed by atoms with van der Waals surface area (Å²) in [6.07, 6.45) is 3.46. The number of esters is 1. The first-order valence-electron chi connectivity index (χ1n) is 8.34. The lowest BCUT2D eigenvalue weighted by molar-refractivity contribution is -0.148. The topological polar surface area (TPSA) is 67.8 Å². The fraction of sp³-hybridized carbons (Fsp3) is 0.688. The number of morpholine rings is 1. The predicted molar refractivity (Wildman–Crippen MR) is 86.6 cm³/mol. The van der Waals surface area contributed by atoms with Crippen molar-refractivity contribution in [2.24, 2.45) is 5.92 Å². The fourth-order valence-corrected chi connectivity index (χ4v) is 3.11. The summed E-state index contributed by atoms with van der Waals surface area (Å²) in [6.45, 7) is 7.02. The van der Waals surface area contributed by atoms with E-state index in [-0.39, 0.29) is 11.9 Å². The van der Waals surface area contributed by atoms with Crippen LogP contribution in [-0.4, -0.2) is 61.9 Å². The largest absolute Gasteiger partial charge is 0.466 e. The lowest BCUT2D eigenvalue weighted by Gasteiger charge is -2.33. The van der Waals surface area contributed by atoms with Gasteiger partial charge in [-0.3, -0.25) is 4.79 Å². The molecule has 0 aliphatic carbocycles. The first-order valence-corrected chi connectivity index (χ1v) is 8.34. The van der Waals surface area contributed by atoms with Crippen molar-refractivity contribution in [2.45, 2.75) is 19.8 Å². The van der Waals surface area contributed by atoms with Crippen LogP contribution in [0.5, 0.6) is 0 Å². The second kappa shape index (κ2) is 7.59. The number of rotatable bonds is 4. The quantitative estimate of drug-likeness (QED) is 0.769. The van der Waals surface area contributed by atoms with Crippen molar-refractivity contribution < 1.29 is 14.3 Å². The van der Waals surface area contributed by atoms with Gasteiger partial charge in [0.1, 0.15) is 18.0 Å². The maximum atomic E-state index is 12.0. The molecule has 2 aliphatic heterocycles. The van der Waals surface area contributed by atoms with Crippen LogP contribution in [0.4, 0.5) is 11.6 Å². The van der Waals surface area contributed by atoms with E-state index < -0.39 is 0 Å². The SMILES string of the molecule is CCOC(=O)C1CCCN(c2cc(N3CCOCC3)ncn2)C1. The smallest absolute Gasteiger partial charge is 0.310 e. The van der Waals surface area contributed by atoms with Gasteiger partial charge in [0.05, 0.1) is 25.7 Å². The minimum atomic E-state index is -0.0975. The minimum absolute atomic E-state index is 0.0644. The second-order valence-corrected chi connectivity index (χ2v) is 5.87. The van der Waals surface area contributed by atoms with Crippen molar-refractivity contribution in [3.8, 4) is 0 Å². The minimum Gasteiger partial charge on any atom is -0.466 e. The summed E-state index contributed by atoms with van der Waals surface area (Å²) in [4.78, 5) is 25.1. The van der Waals surface area contributed by atoms with E-state index in [0.29, 0.717) is 13.2 Å². The molecule has 0 N–H and O–H groups in total. The second-order valence-electron chi connectivity index (χ2n) is 5.87. The number of anilines is 2. The van der Waals surface area contributed by atoms with E-state index in [1.54, 1.807) is 6.33 Å². The average molecular weight is 320 g/mol. The van der Waals surface area contributed by atoms with E-state index in [1.165, 1.54) is 0 Å². The number of aromatic nitrogens is 2. The lowest BCUT2D eigenvalue weighted by atomic mass is 9.98. The number of hydrogen-bond donors (Lipinski definition) is 0. The van der Waals surface area contributed by atoms with Crippen molar-refractivity contribution in [2.75, 3.05) is 55.8 Å². The van der Waals surface area contributed by atoms with Crippen LogP contribution in [0.1, 0.15) is 19.8 Å². The van der Waals surface area contributed by atoms with Crippen LogP contribution in [0.2, 0.25) is 0 Å². The Hall–Kier alpha value is -1.89. The summed E-state index contributed by atoms with van der Waals surface area (Å²) in [6, 6.07) is 2.01. The van der Waals surface area contributed by atoms with Gasteiger partial charge in [0, 0.05) is 32.2 Å². The standard InChI is InChI=1S/C16H24N4O3/c1-2-23-16(21)13-4-3-5-20(11-13)15-10-14(17-12-18-15)19-6-8-22-9-7-19/h10,12-13H,2-9,11H2,1H3. The normalized spacial score (nSPS) is 22.0. The summed E-state index contributed by atoms with van der Waals surface area (Å²) in [5.41, 5.74) is 0. The summed E-state index contributed by atoms with van der Waals surface area (Å²) < 4.78 is 10.5. The molecule has 1 atom stereocenters. The van der Waals surface area contributed by atoms with Gasteiger partial charge >= 0.3 is 5.97 Å². The molecular weight excluding hydrogens is 296 g/mol. The fourth-order valence-electron chi connectivity index (χ4n) is 3.11. The van der Waals surface area contributed by atoms with Gasteiger partial charge in [-0.15, -0.1) is 0 Å². The lowest BCUT2D eigenvalue weighted by Crippen LogP contribution is -2.40. The highest BCUT2D eigenvalue weighted by Crippen LogP contribution is 2.24.